The average Bonchev–Trinajstić information content (AvgIpc) is 1.41. The lowest BCUT2D eigenvalue weighted by atomic mass is 10.4. The first kappa shape index (κ1) is 4.90. The molecule has 0 aliphatic carbocycles. The summed E-state index contributed by atoms with van der Waals surface area (Å²) in [6.07, 6.45) is 0. The molecule has 0 amide bonds. The van der Waals surface area contributed by atoms with Crippen LogP contribution in [0.2, 0.25) is 0 Å². The second-order valence-electron chi connectivity index (χ2n) is 0.451. The summed E-state index contributed by atoms with van der Waals surface area (Å²) in [5.41, 5.74) is 0. The molecule has 4 nitrogen and oxygen atoms in total. The minimum atomic E-state index is -0.0556. The van der Waals surface area contributed by atoms with Crippen LogP contribution in [-0.2, 0) is 9.51 Å². The molecule has 0 aliphatic rings. The SMILES string of the molecule is NOBON. The number of hydrogen-bond acceptors (Lipinski definition) is 4. The molecule has 0 aromatic heterocycles. The molecule has 4 N–H and O–H groups in total. The molecule has 0 heterocycles. The maximum atomic E-state index is 4.43. The highest BCUT2D eigenvalue weighted by molar-refractivity contribution is 6.17. The van der Waals surface area contributed by atoms with E-state index in [1.54, 1.807) is 0 Å². The van der Waals surface area contributed by atoms with Crippen LogP contribution in [0.25, 0.3) is 0 Å². The Morgan fingerprint density at radius 2 is 1.60 bits per heavy atom. The van der Waals surface area contributed by atoms with Gasteiger partial charge in [0.2, 0.25) is 0 Å². The Labute approximate surface area is 30.2 Å². The van der Waals surface area contributed by atoms with Gasteiger partial charge in [0.1, 0.15) is 0 Å². The smallest absolute Gasteiger partial charge is 0.331 e. The third kappa shape index (κ3) is 3.90. The summed E-state index contributed by atoms with van der Waals surface area (Å²) in [5.74, 6) is 8.87. The first-order valence-corrected chi connectivity index (χ1v) is 1.05. The summed E-state index contributed by atoms with van der Waals surface area (Å²) in [6, 6.07) is 0. The lowest BCUT2D eigenvalue weighted by Gasteiger charge is -1.83. The van der Waals surface area contributed by atoms with Crippen molar-refractivity contribution in [2.75, 3.05) is 0 Å². The summed E-state index contributed by atoms with van der Waals surface area (Å²) < 4.78 is 7.69. The van der Waals surface area contributed by atoms with Crippen LogP contribution >= 0.6 is 0 Å². The van der Waals surface area contributed by atoms with E-state index in [1.807, 2.05) is 0 Å². The van der Waals surface area contributed by atoms with Crippen molar-refractivity contribution in [1.29, 1.82) is 0 Å². The molecule has 0 aromatic rings. The van der Waals surface area contributed by atoms with Crippen LogP contribution in [-0.4, -0.2) is 7.69 Å². The van der Waals surface area contributed by atoms with Gasteiger partial charge in [-0.1, -0.05) is 0 Å². The van der Waals surface area contributed by atoms with Crippen LogP contribution < -0.4 is 11.8 Å². The molecule has 0 bridgehead atoms. The number of hydrogen-bond donors (Lipinski definition) is 2. The van der Waals surface area contributed by atoms with Crippen LogP contribution in [0.15, 0.2) is 0 Å². The fourth-order valence-electron chi connectivity index (χ4n) is 0.0393. The molecule has 5 heavy (non-hydrogen) atoms. The van der Waals surface area contributed by atoms with E-state index < -0.39 is 0 Å². The second-order valence-corrected chi connectivity index (χ2v) is 0.451. The Hall–Kier alpha value is -0.0951. The number of nitrogens with two attached hydrogens (primary N) is 2. The van der Waals surface area contributed by atoms with E-state index in [0.717, 1.165) is 0 Å². The van der Waals surface area contributed by atoms with Crippen LogP contribution in [0.5, 0.6) is 0 Å². The molecule has 30 valence electrons. The quantitative estimate of drug-likeness (QED) is 0.295. The molecule has 0 rings (SSSR count). The Morgan fingerprint density at radius 3 is 1.60 bits per heavy atom. The highest BCUT2D eigenvalue weighted by Gasteiger charge is 1.75. The Bertz CT molecular complexity index is 15.1. The van der Waals surface area contributed by atoms with E-state index in [4.69, 9.17) is 0 Å². The summed E-state index contributed by atoms with van der Waals surface area (Å²) in [7, 11) is -0.0556. The van der Waals surface area contributed by atoms with Crippen molar-refractivity contribution in [1.82, 2.24) is 0 Å². The fraction of sp³-hybridized carbons (Fsp3) is 0. The van der Waals surface area contributed by atoms with Gasteiger partial charge in [0.05, 0.1) is 0 Å². The van der Waals surface area contributed by atoms with E-state index in [9.17, 15) is 0 Å². The summed E-state index contributed by atoms with van der Waals surface area (Å²) in [6.45, 7) is 0. The maximum Gasteiger partial charge on any atom is 0.472 e. The highest BCUT2D eigenvalue weighted by Crippen LogP contribution is 1.44. The first-order valence-electron chi connectivity index (χ1n) is 1.05. The van der Waals surface area contributed by atoms with Gasteiger partial charge >= 0.3 is 7.69 Å². The predicted octanol–water partition coefficient (Wildman–Crippen LogP) is -1.97. The molecule has 0 saturated carbocycles. The van der Waals surface area contributed by atoms with Crippen LogP contribution in [0.4, 0.5) is 0 Å². The van der Waals surface area contributed by atoms with Gasteiger partial charge in [0, 0.05) is 0 Å². The van der Waals surface area contributed by atoms with E-state index >= 15 is 0 Å². The molecular weight excluding hydrogens is 70.8 g/mol. The molecular formula is H5BN2O2. The lowest BCUT2D eigenvalue weighted by molar-refractivity contribution is 0.231. The van der Waals surface area contributed by atoms with Crippen molar-refractivity contribution in [2.45, 2.75) is 0 Å². The summed E-state index contributed by atoms with van der Waals surface area (Å²) in [5, 5.41) is 0. The Morgan fingerprint density at radius 1 is 1.20 bits per heavy atom. The largest absolute Gasteiger partial charge is 0.472 e. The third-order valence-electron chi connectivity index (χ3n) is 0.136. The second kappa shape index (κ2) is 3.90. The van der Waals surface area contributed by atoms with Crippen LogP contribution in [0.3, 0.4) is 0 Å². The maximum absolute atomic E-state index is 4.43. The van der Waals surface area contributed by atoms with E-state index in [2.05, 4.69) is 21.3 Å². The van der Waals surface area contributed by atoms with Crippen molar-refractivity contribution in [3.8, 4) is 0 Å². The van der Waals surface area contributed by atoms with Gasteiger partial charge in [-0.25, -0.2) is 11.8 Å². The Kier molecular flexibility index (Phi) is 3.83. The highest BCUT2D eigenvalue weighted by atomic mass is 16.7. The molecule has 0 spiro atoms. The van der Waals surface area contributed by atoms with Crippen molar-refractivity contribution in [3.63, 3.8) is 0 Å². The summed E-state index contributed by atoms with van der Waals surface area (Å²) in [4.78, 5) is 0. The third-order valence-corrected chi connectivity index (χ3v) is 0.136. The predicted molar refractivity (Wildman–Crippen MR) is 17.7 cm³/mol. The van der Waals surface area contributed by atoms with Gasteiger partial charge in [-0.3, -0.25) is 0 Å². The average molecular weight is 75.9 g/mol. The van der Waals surface area contributed by atoms with Gasteiger partial charge in [0.15, 0.2) is 0 Å². The molecule has 0 unspecified atom stereocenters. The molecule has 0 radical (unpaired) electrons. The molecule has 0 atom stereocenters. The van der Waals surface area contributed by atoms with E-state index in [1.165, 1.54) is 0 Å². The zero-order valence-electron chi connectivity index (χ0n) is 2.68. The Balaban J connectivity index is 2.19. The molecule has 5 heteroatoms. The van der Waals surface area contributed by atoms with Crippen molar-refractivity contribution < 1.29 is 9.51 Å². The van der Waals surface area contributed by atoms with Gasteiger partial charge in [-0.2, -0.15) is 0 Å². The van der Waals surface area contributed by atoms with Crippen LogP contribution in [0.1, 0.15) is 0 Å². The van der Waals surface area contributed by atoms with Crippen LogP contribution in [0, 0.1) is 0 Å². The van der Waals surface area contributed by atoms with Crippen molar-refractivity contribution in [2.24, 2.45) is 11.8 Å². The first-order chi connectivity index (χ1) is 2.41. The van der Waals surface area contributed by atoms with Gasteiger partial charge in [-0.05, 0) is 0 Å². The molecule has 0 aliphatic heterocycles. The number of rotatable bonds is 2. The molecule has 0 saturated heterocycles. The van der Waals surface area contributed by atoms with Crippen molar-refractivity contribution in [3.05, 3.63) is 0 Å². The van der Waals surface area contributed by atoms with Gasteiger partial charge < -0.3 is 9.51 Å². The van der Waals surface area contributed by atoms with Crippen molar-refractivity contribution >= 4 is 7.69 Å². The zero-order valence-corrected chi connectivity index (χ0v) is 2.68. The van der Waals surface area contributed by atoms with E-state index in [-0.39, 0.29) is 7.69 Å². The zero-order chi connectivity index (χ0) is 4.12. The fourth-order valence-corrected chi connectivity index (χ4v) is 0.0393. The normalized spacial score (nSPS) is 7.60. The van der Waals surface area contributed by atoms with Gasteiger partial charge in [-0.15, -0.1) is 0 Å². The summed E-state index contributed by atoms with van der Waals surface area (Å²) >= 11 is 0. The minimum absolute atomic E-state index is 0.0556. The molecule has 0 fully saturated rings. The minimum Gasteiger partial charge on any atom is -0.331 e. The molecule has 0 aromatic carbocycles. The lowest BCUT2D eigenvalue weighted by Crippen LogP contribution is -2.12. The topological polar surface area (TPSA) is 70.5 Å². The van der Waals surface area contributed by atoms with E-state index in [0.29, 0.717) is 0 Å². The monoisotopic (exact) mass is 76.0 g/mol. The van der Waals surface area contributed by atoms with Gasteiger partial charge in [0.25, 0.3) is 0 Å². The standard InChI is InChI=1S/BH5N2O2/c2-4-1-5-3/h1H,2-3H2.